The summed E-state index contributed by atoms with van der Waals surface area (Å²) in [6.45, 7) is 6.28. The van der Waals surface area contributed by atoms with E-state index in [0.717, 1.165) is 41.2 Å². The van der Waals surface area contributed by atoms with E-state index in [4.69, 9.17) is 4.98 Å². The number of nitrogens with one attached hydrogen (secondary N) is 1. The molecule has 0 aliphatic heterocycles. The van der Waals surface area contributed by atoms with Crippen LogP contribution in [0.25, 0.3) is 22.5 Å². The van der Waals surface area contributed by atoms with Gasteiger partial charge in [-0.2, -0.15) is 5.10 Å². The second-order valence-electron chi connectivity index (χ2n) is 7.20. The lowest BCUT2D eigenvalue weighted by molar-refractivity contribution is 0.866. The number of anilines is 2. The van der Waals surface area contributed by atoms with Crippen molar-refractivity contribution < 1.29 is 0 Å². The molecule has 0 radical (unpaired) electrons. The molecule has 0 bridgehead atoms. The maximum atomic E-state index is 4.70. The molecule has 32 heavy (non-hydrogen) atoms. The molecule has 0 aliphatic carbocycles. The van der Waals surface area contributed by atoms with Crippen molar-refractivity contribution in [2.45, 2.75) is 13.8 Å². The van der Waals surface area contributed by atoms with Crippen LogP contribution in [-0.4, -0.2) is 34.5 Å². The van der Waals surface area contributed by atoms with Gasteiger partial charge in [-0.3, -0.25) is 0 Å². The Kier molecular flexibility index (Phi) is 6.82. The number of nitrogens with zero attached hydrogens (tertiary/aromatic N) is 5. The Morgan fingerprint density at radius 3 is 1.94 bits per heavy atom. The van der Waals surface area contributed by atoms with Crippen LogP contribution in [-0.2, 0) is 0 Å². The fraction of sp³-hybridized carbons (Fsp3) is 0.154. The molecule has 0 fully saturated rings. The first-order valence-corrected chi connectivity index (χ1v) is 10.8. The van der Waals surface area contributed by atoms with Crippen molar-refractivity contribution in [3.63, 3.8) is 0 Å². The van der Waals surface area contributed by atoms with Gasteiger partial charge in [-0.25, -0.2) is 10.4 Å². The lowest BCUT2D eigenvalue weighted by Crippen LogP contribution is -2.21. The van der Waals surface area contributed by atoms with Gasteiger partial charge in [-0.15, -0.1) is 10.2 Å². The lowest BCUT2D eigenvalue weighted by atomic mass is 10.0. The molecule has 0 unspecified atom stereocenters. The van der Waals surface area contributed by atoms with Gasteiger partial charge in [0.2, 0.25) is 0 Å². The summed E-state index contributed by atoms with van der Waals surface area (Å²) in [4.78, 5) is 7.01. The molecule has 0 amide bonds. The Balaban J connectivity index is 1.56. The molecule has 3 aromatic carbocycles. The third-order valence-electron chi connectivity index (χ3n) is 5.18. The van der Waals surface area contributed by atoms with Crippen LogP contribution in [0.1, 0.15) is 19.4 Å². The predicted molar refractivity (Wildman–Crippen MR) is 132 cm³/mol. The monoisotopic (exact) mass is 422 g/mol. The number of benzene rings is 3. The van der Waals surface area contributed by atoms with E-state index < -0.39 is 0 Å². The summed E-state index contributed by atoms with van der Waals surface area (Å²) in [5.74, 6) is 0.347. The number of hydrogen-bond donors (Lipinski definition) is 1. The van der Waals surface area contributed by atoms with Crippen LogP contribution in [0, 0.1) is 0 Å². The maximum absolute atomic E-state index is 4.70. The minimum absolute atomic E-state index is 0.347. The van der Waals surface area contributed by atoms with Crippen molar-refractivity contribution in [2.24, 2.45) is 5.10 Å². The van der Waals surface area contributed by atoms with Gasteiger partial charge in [0.15, 0.2) is 0 Å². The highest BCUT2D eigenvalue weighted by atomic mass is 15.4. The van der Waals surface area contributed by atoms with Crippen LogP contribution >= 0.6 is 0 Å². The highest BCUT2D eigenvalue weighted by Gasteiger charge is 2.13. The summed E-state index contributed by atoms with van der Waals surface area (Å²) >= 11 is 0. The van der Waals surface area contributed by atoms with Gasteiger partial charge in [0.1, 0.15) is 11.4 Å². The number of hydrogen-bond acceptors (Lipinski definition) is 6. The Morgan fingerprint density at radius 1 is 0.750 bits per heavy atom. The molecule has 1 heterocycles. The zero-order valence-electron chi connectivity index (χ0n) is 18.3. The molecule has 4 rings (SSSR count). The van der Waals surface area contributed by atoms with Crippen LogP contribution in [0.15, 0.2) is 90.0 Å². The Hall–Kier alpha value is -4.06. The molecule has 160 valence electrons. The van der Waals surface area contributed by atoms with Crippen LogP contribution in [0.3, 0.4) is 0 Å². The molecular weight excluding hydrogens is 396 g/mol. The molecule has 0 atom stereocenters. The first-order valence-electron chi connectivity index (χ1n) is 10.8. The fourth-order valence-corrected chi connectivity index (χ4v) is 3.49. The highest BCUT2D eigenvalue weighted by molar-refractivity contribution is 5.81. The molecule has 6 nitrogen and oxygen atoms in total. The molecule has 0 saturated carbocycles. The average Bonchev–Trinajstić information content (AvgIpc) is 2.87. The maximum Gasteiger partial charge on any atom is 0.263 e. The largest absolute Gasteiger partial charge is 0.372 e. The zero-order valence-corrected chi connectivity index (χ0v) is 18.3. The third kappa shape index (κ3) is 4.98. The normalized spacial score (nSPS) is 10.9. The van der Waals surface area contributed by atoms with Crippen LogP contribution in [0.4, 0.5) is 11.6 Å². The Bertz CT molecular complexity index is 1150. The fourth-order valence-electron chi connectivity index (χ4n) is 3.49. The zero-order chi connectivity index (χ0) is 22.2. The average molecular weight is 423 g/mol. The first kappa shape index (κ1) is 21.2. The van der Waals surface area contributed by atoms with Gasteiger partial charge in [-0.1, -0.05) is 72.8 Å². The molecule has 0 aliphatic rings. The smallest absolute Gasteiger partial charge is 0.263 e. The summed E-state index contributed by atoms with van der Waals surface area (Å²) in [6.07, 6.45) is 1.75. The second-order valence-corrected chi connectivity index (χ2v) is 7.20. The van der Waals surface area contributed by atoms with E-state index in [-0.39, 0.29) is 0 Å². The molecule has 0 spiro atoms. The second kappa shape index (κ2) is 10.3. The number of aromatic nitrogens is 3. The topological polar surface area (TPSA) is 66.3 Å². The van der Waals surface area contributed by atoms with Crippen LogP contribution in [0.2, 0.25) is 0 Å². The SMILES string of the molecule is CCN(CC)c1ccc(/C=N/Nc2nnc(-c3ccccc3)c(-c3ccccc3)n2)cc1. The van der Waals surface area contributed by atoms with Crippen molar-refractivity contribution in [1.29, 1.82) is 0 Å². The van der Waals surface area contributed by atoms with Crippen molar-refractivity contribution in [1.82, 2.24) is 15.2 Å². The molecule has 4 aromatic rings. The predicted octanol–water partition coefficient (Wildman–Crippen LogP) is 5.50. The van der Waals surface area contributed by atoms with Crippen LogP contribution in [0.5, 0.6) is 0 Å². The van der Waals surface area contributed by atoms with Crippen molar-refractivity contribution >= 4 is 17.9 Å². The Morgan fingerprint density at radius 2 is 1.34 bits per heavy atom. The van der Waals surface area contributed by atoms with Crippen LogP contribution < -0.4 is 10.3 Å². The van der Waals surface area contributed by atoms with Crippen molar-refractivity contribution in [2.75, 3.05) is 23.4 Å². The molecule has 6 heteroatoms. The standard InChI is InChI=1S/C26H26N6/c1-3-32(4-2)23-17-15-20(16-18-23)19-27-30-26-28-24(21-11-7-5-8-12-21)25(29-31-26)22-13-9-6-10-14-22/h5-19H,3-4H2,1-2H3,(H,28,30,31)/b27-19+. The third-order valence-corrected chi connectivity index (χ3v) is 5.18. The van der Waals surface area contributed by atoms with E-state index in [2.05, 4.69) is 51.6 Å². The van der Waals surface area contributed by atoms with Gasteiger partial charge in [0, 0.05) is 29.9 Å². The van der Waals surface area contributed by atoms with Crippen molar-refractivity contribution in [3.8, 4) is 22.5 Å². The highest BCUT2D eigenvalue weighted by Crippen LogP contribution is 2.28. The number of hydrazone groups is 1. The molecule has 1 aromatic heterocycles. The van der Waals surface area contributed by atoms with E-state index in [1.807, 2.05) is 72.8 Å². The van der Waals surface area contributed by atoms with Gasteiger partial charge in [0.25, 0.3) is 5.95 Å². The van der Waals surface area contributed by atoms with Gasteiger partial charge in [-0.05, 0) is 31.5 Å². The first-order chi connectivity index (χ1) is 15.8. The summed E-state index contributed by atoms with van der Waals surface area (Å²) < 4.78 is 0. The quantitative estimate of drug-likeness (QED) is 0.300. The molecule has 0 saturated heterocycles. The summed E-state index contributed by atoms with van der Waals surface area (Å²) in [7, 11) is 0. The van der Waals surface area contributed by atoms with Gasteiger partial charge < -0.3 is 4.90 Å². The van der Waals surface area contributed by atoms with Crippen molar-refractivity contribution in [3.05, 3.63) is 90.5 Å². The molecular formula is C26H26N6. The van der Waals surface area contributed by atoms with Gasteiger partial charge in [0.05, 0.1) is 6.21 Å². The van der Waals surface area contributed by atoms with E-state index in [1.165, 1.54) is 5.69 Å². The summed E-state index contributed by atoms with van der Waals surface area (Å²) in [6, 6.07) is 28.2. The Labute approximate surface area is 188 Å². The minimum Gasteiger partial charge on any atom is -0.372 e. The van der Waals surface area contributed by atoms with E-state index >= 15 is 0 Å². The summed E-state index contributed by atoms with van der Waals surface area (Å²) in [5.41, 5.74) is 8.54. The molecule has 1 N–H and O–H groups in total. The number of rotatable bonds is 8. The summed E-state index contributed by atoms with van der Waals surface area (Å²) in [5, 5.41) is 13.0. The minimum atomic E-state index is 0.347. The van der Waals surface area contributed by atoms with Gasteiger partial charge >= 0.3 is 0 Å². The lowest BCUT2D eigenvalue weighted by Gasteiger charge is -2.20. The van der Waals surface area contributed by atoms with E-state index in [1.54, 1.807) is 6.21 Å². The van der Waals surface area contributed by atoms with E-state index in [0.29, 0.717) is 5.95 Å². The van der Waals surface area contributed by atoms with E-state index in [9.17, 15) is 0 Å².